The van der Waals surface area contributed by atoms with Gasteiger partial charge in [-0.1, -0.05) is 12.8 Å². The van der Waals surface area contributed by atoms with E-state index in [1.807, 2.05) is 0 Å². The number of rotatable bonds is 4. The summed E-state index contributed by atoms with van der Waals surface area (Å²) >= 11 is 0. The van der Waals surface area contributed by atoms with Gasteiger partial charge in [-0.3, -0.25) is 9.59 Å². The second-order valence-electron chi connectivity index (χ2n) is 4.78. The third kappa shape index (κ3) is 3.43. The molecule has 1 aliphatic carbocycles. The molecule has 0 aromatic carbocycles. The Kier molecular flexibility index (Phi) is 4.15. The minimum Gasteiger partial charge on any atom is -0.324 e. The molecule has 1 saturated carbocycles. The zero-order chi connectivity index (χ0) is 13.0. The first-order valence-electron chi connectivity index (χ1n) is 6.35. The van der Waals surface area contributed by atoms with Gasteiger partial charge < -0.3 is 15.2 Å². The first kappa shape index (κ1) is 12.8. The van der Waals surface area contributed by atoms with E-state index in [1.165, 1.54) is 23.5 Å². The summed E-state index contributed by atoms with van der Waals surface area (Å²) in [7, 11) is 1.66. The molecule has 0 spiro atoms. The Morgan fingerprint density at radius 3 is 2.78 bits per heavy atom. The van der Waals surface area contributed by atoms with E-state index in [1.54, 1.807) is 19.3 Å². The highest BCUT2D eigenvalue weighted by molar-refractivity contribution is 5.92. The maximum absolute atomic E-state index is 11.7. The van der Waals surface area contributed by atoms with Crippen molar-refractivity contribution in [2.24, 2.45) is 7.05 Å². The van der Waals surface area contributed by atoms with E-state index < -0.39 is 0 Å². The average molecular weight is 249 g/mol. The molecule has 5 nitrogen and oxygen atoms in total. The molecule has 0 radical (unpaired) electrons. The van der Waals surface area contributed by atoms with Gasteiger partial charge in [0.2, 0.25) is 11.5 Å². The van der Waals surface area contributed by atoms with Crippen molar-refractivity contribution in [3.63, 3.8) is 0 Å². The van der Waals surface area contributed by atoms with Gasteiger partial charge in [-0.15, -0.1) is 0 Å². The summed E-state index contributed by atoms with van der Waals surface area (Å²) in [5.74, 6) is -0.0689. The number of carbonyl (C=O) groups is 1. The Bertz CT molecular complexity index is 475. The van der Waals surface area contributed by atoms with Gasteiger partial charge in [0, 0.05) is 25.4 Å². The van der Waals surface area contributed by atoms with Crippen LogP contribution in [-0.4, -0.2) is 23.1 Å². The van der Waals surface area contributed by atoms with Crippen molar-refractivity contribution in [3.05, 3.63) is 28.7 Å². The van der Waals surface area contributed by atoms with E-state index in [0.29, 0.717) is 18.3 Å². The topological polar surface area (TPSA) is 63.1 Å². The second kappa shape index (κ2) is 5.82. The van der Waals surface area contributed by atoms with Gasteiger partial charge in [0.05, 0.1) is 12.2 Å². The smallest absolute Gasteiger partial charge is 0.250 e. The zero-order valence-corrected chi connectivity index (χ0v) is 10.6. The van der Waals surface area contributed by atoms with E-state index in [-0.39, 0.29) is 11.5 Å². The molecule has 0 saturated heterocycles. The van der Waals surface area contributed by atoms with Crippen LogP contribution < -0.4 is 16.2 Å². The van der Waals surface area contributed by atoms with Crippen LogP contribution >= 0.6 is 0 Å². The lowest BCUT2D eigenvalue weighted by Crippen LogP contribution is -2.34. The minimum absolute atomic E-state index is 0.0689. The molecule has 0 bridgehead atoms. The maximum Gasteiger partial charge on any atom is 0.250 e. The molecule has 0 unspecified atom stereocenters. The predicted octanol–water partition coefficient (Wildman–Crippen LogP) is 0.856. The first-order chi connectivity index (χ1) is 8.65. The van der Waals surface area contributed by atoms with Crippen LogP contribution in [0.5, 0.6) is 0 Å². The highest BCUT2D eigenvalue weighted by Gasteiger charge is 2.15. The van der Waals surface area contributed by atoms with Crippen LogP contribution in [0.25, 0.3) is 0 Å². The van der Waals surface area contributed by atoms with Crippen LogP contribution in [-0.2, 0) is 11.8 Å². The Morgan fingerprint density at radius 2 is 2.11 bits per heavy atom. The van der Waals surface area contributed by atoms with E-state index in [2.05, 4.69) is 10.6 Å². The fourth-order valence-corrected chi connectivity index (χ4v) is 2.24. The molecule has 0 aliphatic heterocycles. The van der Waals surface area contributed by atoms with Crippen LogP contribution in [0, 0.1) is 0 Å². The number of hydrogen-bond acceptors (Lipinski definition) is 3. The normalized spacial score (nSPS) is 15.8. The monoisotopic (exact) mass is 249 g/mol. The number of aryl methyl sites for hydroxylation is 1. The fraction of sp³-hybridized carbons (Fsp3) is 0.538. The molecular formula is C13H19N3O2. The fourth-order valence-electron chi connectivity index (χ4n) is 2.24. The molecule has 2 N–H and O–H groups in total. The minimum atomic E-state index is -0.0860. The lowest BCUT2D eigenvalue weighted by molar-refractivity contribution is -0.115. The largest absolute Gasteiger partial charge is 0.324 e. The molecule has 1 fully saturated rings. The lowest BCUT2D eigenvalue weighted by atomic mass is 10.2. The van der Waals surface area contributed by atoms with Crippen molar-refractivity contribution in [2.45, 2.75) is 31.7 Å². The summed E-state index contributed by atoms with van der Waals surface area (Å²) in [6.07, 6.45) is 6.44. The summed E-state index contributed by atoms with van der Waals surface area (Å²) < 4.78 is 1.44. The van der Waals surface area contributed by atoms with Gasteiger partial charge in [0.15, 0.2) is 0 Å². The number of aromatic nitrogens is 1. The third-order valence-corrected chi connectivity index (χ3v) is 3.28. The SMILES string of the molecule is Cn1cc(NC(=O)CNC2CCCC2)ccc1=O. The standard InChI is InChI=1S/C13H19N3O2/c1-16-9-11(6-7-13(16)18)15-12(17)8-14-10-4-2-3-5-10/h6-7,9-10,14H,2-5,8H2,1H3,(H,15,17). The summed E-state index contributed by atoms with van der Waals surface area (Å²) in [4.78, 5) is 22.9. The molecule has 1 aromatic heterocycles. The van der Waals surface area contributed by atoms with Gasteiger partial charge in [0.25, 0.3) is 0 Å². The van der Waals surface area contributed by atoms with Crippen LogP contribution in [0.3, 0.4) is 0 Å². The maximum atomic E-state index is 11.7. The average Bonchev–Trinajstić information content (AvgIpc) is 2.84. The van der Waals surface area contributed by atoms with Crippen LogP contribution in [0.2, 0.25) is 0 Å². The van der Waals surface area contributed by atoms with Crippen molar-refractivity contribution >= 4 is 11.6 Å². The van der Waals surface area contributed by atoms with E-state index in [9.17, 15) is 9.59 Å². The molecule has 18 heavy (non-hydrogen) atoms. The molecule has 2 rings (SSSR count). The number of nitrogens with zero attached hydrogens (tertiary/aromatic N) is 1. The number of nitrogens with one attached hydrogen (secondary N) is 2. The highest BCUT2D eigenvalue weighted by Crippen LogP contribution is 2.17. The summed E-state index contributed by atoms with van der Waals surface area (Å²) in [5, 5.41) is 6.02. The molecular weight excluding hydrogens is 230 g/mol. The second-order valence-corrected chi connectivity index (χ2v) is 4.78. The predicted molar refractivity (Wildman–Crippen MR) is 70.6 cm³/mol. The molecule has 0 atom stereocenters. The van der Waals surface area contributed by atoms with Crippen molar-refractivity contribution in [3.8, 4) is 0 Å². The summed E-state index contributed by atoms with van der Waals surface area (Å²) in [6, 6.07) is 3.55. The Balaban J connectivity index is 1.82. The number of anilines is 1. The van der Waals surface area contributed by atoms with Gasteiger partial charge in [0.1, 0.15) is 0 Å². The van der Waals surface area contributed by atoms with Crippen molar-refractivity contribution in [1.82, 2.24) is 9.88 Å². The van der Waals surface area contributed by atoms with Crippen molar-refractivity contribution in [1.29, 1.82) is 0 Å². The lowest BCUT2D eigenvalue weighted by Gasteiger charge is -2.12. The highest BCUT2D eigenvalue weighted by atomic mass is 16.2. The Labute approximate surface area is 106 Å². The van der Waals surface area contributed by atoms with E-state index in [4.69, 9.17) is 0 Å². The van der Waals surface area contributed by atoms with Crippen LogP contribution in [0.4, 0.5) is 5.69 Å². The van der Waals surface area contributed by atoms with Gasteiger partial charge in [-0.25, -0.2) is 0 Å². The molecule has 1 aromatic rings. The van der Waals surface area contributed by atoms with Crippen LogP contribution in [0.1, 0.15) is 25.7 Å². The molecule has 1 heterocycles. The zero-order valence-electron chi connectivity index (χ0n) is 10.6. The van der Waals surface area contributed by atoms with Gasteiger partial charge in [-0.05, 0) is 18.9 Å². The number of pyridine rings is 1. The van der Waals surface area contributed by atoms with Crippen molar-refractivity contribution in [2.75, 3.05) is 11.9 Å². The van der Waals surface area contributed by atoms with Crippen LogP contribution in [0.15, 0.2) is 23.1 Å². The third-order valence-electron chi connectivity index (χ3n) is 3.28. The molecule has 5 heteroatoms. The summed E-state index contributed by atoms with van der Waals surface area (Å²) in [5.41, 5.74) is 0.562. The van der Waals surface area contributed by atoms with E-state index in [0.717, 1.165) is 12.8 Å². The van der Waals surface area contributed by atoms with E-state index >= 15 is 0 Å². The summed E-state index contributed by atoms with van der Waals surface area (Å²) in [6.45, 7) is 0.327. The number of carbonyl (C=O) groups excluding carboxylic acids is 1. The Hall–Kier alpha value is -1.62. The number of amides is 1. The first-order valence-corrected chi connectivity index (χ1v) is 6.35. The van der Waals surface area contributed by atoms with Gasteiger partial charge in [-0.2, -0.15) is 0 Å². The van der Waals surface area contributed by atoms with Gasteiger partial charge >= 0.3 is 0 Å². The molecule has 98 valence electrons. The molecule has 1 amide bonds. The Morgan fingerprint density at radius 1 is 1.39 bits per heavy atom. The number of hydrogen-bond donors (Lipinski definition) is 2. The molecule has 1 aliphatic rings. The quantitative estimate of drug-likeness (QED) is 0.831. The van der Waals surface area contributed by atoms with Crippen molar-refractivity contribution < 1.29 is 4.79 Å².